The summed E-state index contributed by atoms with van der Waals surface area (Å²) in [5.74, 6) is -0.459. The zero-order chi connectivity index (χ0) is 21.2. The van der Waals surface area contributed by atoms with Gasteiger partial charge in [-0.25, -0.2) is 4.79 Å². The maximum Gasteiger partial charge on any atom is 0.330 e. The fourth-order valence-corrected chi connectivity index (χ4v) is 2.44. The van der Waals surface area contributed by atoms with Crippen LogP contribution in [-0.4, -0.2) is 30.6 Å². The van der Waals surface area contributed by atoms with Gasteiger partial charge >= 0.3 is 5.97 Å². The van der Waals surface area contributed by atoms with Crippen molar-refractivity contribution in [2.45, 2.75) is 6.92 Å². The molecule has 2 rings (SSSR count). The van der Waals surface area contributed by atoms with Gasteiger partial charge in [0.2, 0.25) is 0 Å². The summed E-state index contributed by atoms with van der Waals surface area (Å²) >= 11 is 0. The van der Waals surface area contributed by atoms with Crippen molar-refractivity contribution >= 4 is 28.7 Å². The number of likely N-dealkylation sites (N-methyl/N-ethyl adjacent to an activating group) is 1. The largest absolute Gasteiger partial charge is 0.461 e. The number of esters is 1. The third-order valence-electron chi connectivity index (χ3n) is 3.95. The van der Waals surface area contributed by atoms with Crippen LogP contribution >= 0.6 is 0 Å². The lowest BCUT2D eigenvalue weighted by Gasteiger charge is -2.22. The minimum Gasteiger partial charge on any atom is -0.461 e. The molecule has 0 aliphatic carbocycles. The Morgan fingerprint density at radius 1 is 1.31 bits per heavy atom. The average molecular weight is 393 g/mol. The summed E-state index contributed by atoms with van der Waals surface area (Å²) in [4.78, 5) is 23.4. The summed E-state index contributed by atoms with van der Waals surface area (Å²) in [7, 11) is 0. The van der Waals surface area contributed by atoms with E-state index in [0.29, 0.717) is 12.2 Å². The smallest absolute Gasteiger partial charge is 0.330 e. The molecule has 0 atom stereocenters. The van der Waals surface area contributed by atoms with Gasteiger partial charge < -0.3 is 9.64 Å². The molecule has 0 aliphatic heterocycles. The number of nitriles is 1. The highest BCUT2D eigenvalue weighted by atomic mass is 16.6. The maximum atomic E-state index is 11.1. The first kappa shape index (κ1) is 21.2. The molecule has 0 heterocycles. The first-order valence-corrected chi connectivity index (χ1v) is 8.73. The number of hydrogen-bond donors (Lipinski definition) is 0. The molecule has 0 aromatic heterocycles. The molecule has 0 saturated heterocycles. The van der Waals surface area contributed by atoms with Crippen molar-refractivity contribution in [3.63, 3.8) is 0 Å². The van der Waals surface area contributed by atoms with Gasteiger partial charge in [0.25, 0.3) is 5.69 Å². The fourth-order valence-electron chi connectivity index (χ4n) is 2.44. The Balaban J connectivity index is 2.08. The van der Waals surface area contributed by atoms with Crippen LogP contribution in [0.25, 0.3) is 0 Å². The quantitative estimate of drug-likeness (QED) is 0.204. The fraction of sp³-hybridized carbons (Fsp3) is 0.200. The van der Waals surface area contributed by atoms with Gasteiger partial charge in [0.1, 0.15) is 18.4 Å². The number of benzene rings is 2. The van der Waals surface area contributed by atoms with Crippen molar-refractivity contribution in [2.24, 2.45) is 10.2 Å². The maximum absolute atomic E-state index is 11.1. The second-order valence-electron chi connectivity index (χ2n) is 5.74. The minimum atomic E-state index is -0.571. The van der Waals surface area contributed by atoms with E-state index in [0.717, 1.165) is 24.4 Å². The lowest BCUT2D eigenvalue weighted by molar-refractivity contribution is -0.384. The van der Waals surface area contributed by atoms with E-state index in [4.69, 9.17) is 10.00 Å². The number of anilines is 1. The standard InChI is InChI=1S/C20H19N5O4/c1-3-20(26)29-12-11-24(4-2)17-7-5-16(6-8-17)22-23-19-10-9-18(25(27)28)13-15(19)14-21/h3,5-10,13H,1,4,11-12H2,2H3. The van der Waals surface area contributed by atoms with Crippen molar-refractivity contribution in [1.82, 2.24) is 0 Å². The molecule has 0 amide bonds. The number of azo groups is 1. The molecular weight excluding hydrogens is 374 g/mol. The van der Waals surface area contributed by atoms with Crippen molar-refractivity contribution in [3.05, 3.63) is 70.8 Å². The third kappa shape index (κ3) is 5.97. The van der Waals surface area contributed by atoms with Crippen LogP contribution in [0.15, 0.2) is 65.3 Å². The van der Waals surface area contributed by atoms with E-state index < -0.39 is 10.9 Å². The number of hydrogen-bond acceptors (Lipinski definition) is 8. The van der Waals surface area contributed by atoms with Crippen LogP contribution in [-0.2, 0) is 9.53 Å². The molecule has 9 heteroatoms. The first-order valence-electron chi connectivity index (χ1n) is 8.73. The zero-order valence-electron chi connectivity index (χ0n) is 15.8. The van der Waals surface area contributed by atoms with Gasteiger partial charge in [0, 0.05) is 30.4 Å². The zero-order valence-corrected chi connectivity index (χ0v) is 15.8. The summed E-state index contributed by atoms with van der Waals surface area (Å²) in [6, 6.07) is 12.9. The molecule has 0 spiro atoms. The molecular formula is C20H19N5O4. The second-order valence-corrected chi connectivity index (χ2v) is 5.74. The number of nitrogens with zero attached hydrogens (tertiary/aromatic N) is 5. The topological polar surface area (TPSA) is 121 Å². The van der Waals surface area contributed by atoms with Crippen LogP contribution in [0.4, 0.5) is 22.7 Å². The summed E-state index contributed by atoms with van der Waals surface area (Å²) in [6.45, 7) is 6.84. The van der Waals surface area contributed by atoms with E-state index in [1.54, 1.807) is 12.1 Å². The van der Waals surface area contributed by atoms with Crippen LogP contribution in [0.1, 0.15) is 12.5 Å². The molecule has 2 aromatic carbocycles. The van der Waals surface area contributed by atoms with Gasteiger partial charge in [-0.15, -0.1) is 5.11 Å². The van der Waals surface area contributed by atoms with E-state index in [2.05, 4.69) is 16.8 Å². The Morgan fingerprint density at radius 3 is 2.62 bits per heavy atom. The van der Waals surface area contributed by atoms with E-state index in [-0.39, 0.29) is 23.5 Å². The lowest BCUT2D eigenvalue weighted by Crippen LogP contribution is -2.27. The van der Waals surface area contributed by atoms with Crippen molar-refractivity contribution < 1.29 is 14.5 Å². The molecule has 29 heavy (non-hydrogen) atoms. The van der Waals surface area contributed by atoms with E-state index in [1.807, 2.05) is 30.0 Å². The number of ether oxygens (including phenoxy) is 1. The molecule has 0 aliphatic rings. The molecule has 0 radical (unpaired) electrons. The van der Waals surface area contributed by atoms with Crippen LogP contribution in [0.3, 0.4) is 0 Å². The number of non-ortho nitro benzene ring substituents is 1. The molecule has 2 aromatic rings. The summed E-state index contributed by atoms with van der Waals surface area (Å²) in [5.41, 5.74) is 1.63. The van der Waals surface area contributed by atoms with Gasteiger partial charge in [-0.3, -0.25) is 10.1 Å². The van der Waals surface area contributed by atoms with Crippen LogP contribution in [0.5, 0.6) is 0 Å². The monoisotopic (exact) mass is 393 g/mol. The Morgan fingerprint density at radius 2 is 2.03 bits per heavy atom. The van der Waals surface area contributed by atoms with Crippen LogP contribution < -0.4 is 4.90 Å². The molecule has 0 fully saturated rings. The van der Waals surface area contributed by atoms with Gasteiger partial charge in [0.05, 0.1) is 22.7 Å². The highest BCUT2D eigenvalue weighted by Crippen LogP contribution is 2.27. The highest BCUT2D eigenvalue weighted by molar-refractivity contribution is 5.81. The van der Waals surface area contributed by atoms with E-state index in [1.165, 1.54) is 12.1 Å². The van der Waals surface area contributed by atoms with Gasteiger partial charge in [-0.2, -0.15) is 10.4 Å². The van der Waals surface area contributed by atoms with Crippen LogP contribution in [0.2, 0.25) is 0 Å². The second kappa shape index (κ2) is 10.3. The third-order valence-corrected chi connectivity index (χ3v) is 3.95. The predicted molar refractivity (Wildman–Crippen MR) is 107 cm³/mol. The SMILES string of the molecule is C=CC(=O)OCCN(CC)c1ccc(N=Nc2ccc([N+](=O)[O-])cc2C#N)cc1. The molecule has 148 valence electrons. The number of carbonyl (C=O) groups is 1. The summed E-state index contributed by atoms with van der Waals surface area (Å²) in [6.07, 6.45) is 1.12. The molecule has 0 bridgehead atoms. The average Bonchev–Trinajstić information content (AvgIpc) is 2.75. The highest BCUT2D eigenvalue weighted by Gasteiger charge is 2.10. The Hall–Kier alpha value is -4.06. The summed E-state index contributed by atoms with van der Waals surface area (Å²) < 4.78 is 5.00. The number of carbonyl (C=O) groups excluding carboxylic acids is 1. The Labute approximate surface area is 167 Å². The van der Waals surface area contributed by atoms with Crippen molar-refractivity contribution in [2.75, 3.05) is 24.6 Å². The first-order chi connectivity index (χ1) is 14.0. The Kier molecular flexibility index (Phi) is 7.56. The summed E-state index contributed by atoms with van der Waals surface area (Å²) in [5, 5.41) is 28.1. The minimum absolute atomic E-state index is 0.0748. The van der Waals surface area contributed by atoms with Gasteiger partial charge in [0.15, 0.2) is 0 Å². The number of rotatable bonds is 9. The molecule has 0 N–H and O–H groups in total. The van der Waals surface area contributed by atoms with Crippen LogP contribution in [0, 0.1) is 21.4 Å². The van der Waals surface area contributed by atoms with Crippen molar-refractivity contribution in [1.29, 1.82) is 5.26 Å². The van der Waals surface area contributed by atoms with Crippen molar-refractivity contribution in [3.8, 4) is 6.07 Å². The number of nitro groups is 1. The van der Waals surface area contributed by atoms with Gasteiger partial charge in [-0.05, 0) is 37.3 Å². The van der Waals surface area contributed by atoms with Gasteiger partial charge in [-0.1, -0.05) is 6.58 Å². The van der Waals surface area contributed by atoms with E-state index in [9.17, 15) is 14.9 Å². The molecule has 0 unspecified atom stereocenters. The Bertz CT molecular complexity index is 964. The normalized spacial score (nSPS) is 10.3. The van der Waals surface area contributed by atoms with E-state index >= 15 is 0 Å². The number of nitro benzene ring substituents is 1. The lowest BCUT2D eigenvalue weighted by atomic mass is 10.2. The predicted octanol–water partition coefficient (Wildman–Crippen LogP) is 4.44. The molecule has 0 saturated carbocycles. The molecule has 9 nitrogen and oxygen atoms in total.